The highest BCUT2D eigenvalue weighted by atomic mass is 16.7. The van der Waals surface area contributed by atoms with Crippen LogP contribution in [0.3, 0.4) is 0 Å². The third kappa shape index (κ3) is 28.5. The Hall–Kier alpha value is -1.53. The second kappa shape index (κ2) is 41.9. The maximum Gasteiger partial charge on any atom is 0.220 e. The highest BCUT2D eigenvalue weighted by molar-refractivity contribution is 5.76. The third-order valence-electron chi connectivity index (χ3n) is 13.9. The first-order chi connectivity index (χ1) is 33.6. The molecule has 2 rings (SSSR count). The Bertz CT molecular complexity index is 1260. The summed E-state index contributed by atoms with van der Waals surface area (Å²) in [6.07, 6.45) is 30.7. The van der Waals surface area contributed by atoms with Crippen molar-refractivity contribution in [3.63, 3.8) is 0 Å². The molecular weight excluding hydrogens is 883 g/mol. The first-order valence-corrected chi connectivity index (χ1v) is 28.1. The predicted octanol–water partition coefficient (Wildman–Crippen LogP) is 8.50. The van der Waals surface area contributed by atoms with Gasteiger partial charge in [-0.15, -0.1) is 0 Å². The first-order valence-electron chi connectivity index (χ1n) is 28.1. The van der Waals surface area contributed by atoms with Gasteiger partial charge < -0.3 is 65.1 Å². The monoisotopic (exact) mass is 986 g/mol. The van der Waals surface area contributed by atoms with E-state index in [9.17, 15) is 45.6 Å². The van der Waals surface area contributed by atoms with Crippen molar-refractivity contribution < 1.29 is 64.6 Å². The summed E-state index contributed by atoms with van der Waals surface area (Å²) in [7, 11) is 0. The molecule has 0 bridgehead atoms. The van der Waals surface area contributed by atoms with E-state index in [2.05, 4.69) is 31.3 Å². The van der Waals surface area contributed by atoms with Gasteiger partial charge in [0.15, 0.2) is 12.6 Å². The lowest BCUT2D eigenvalue weighted by Gasteiger charge is -2.46. The lowest BCUT2D eigenvalue weighted by atomic mass is 9.97. The Morgan fingerprint density at radius 1 is 0.507 bits per heavy atom. The molecule has 2 heterocycles. The number of nitrogens with one attached hydrogen (secondary N) is 1. The highest BCUT2D eigenvalue weighted by Crippen LogP contribution is 2.30. The van der Waals surface area contributed by atoms with Crippen LogP contribution >= 0.6 is 0 Å². The third-order valence-corrected chi connectivity index (χ3v) is 13.9. The fourth-order valence-electron chi connectivity index (χ4n) is 9.31. The van der Waals surface area contributed by atoms with Crippen molar-refractivity contribution in [3.8, 4) is 0 Å². The zero-order valence-electron chi connectivity index (χ0n) is 43.3. The van der Waals surface area contributed by atoms with Crippen LogP contribution in [0.25, 0.3) is 0 Å². The van der Waals surface area contributed by atoms with E-state index >= 15 is 0 Å². The van der Waals surface area contributed by atoms with Gasteiger partial charge in [0.05, 0.1) is 32.0 Å². The number of carbonyl (C=O) groups is 1. The van der Waals surface area contributed by atoms with Crippen LogP contribution < -0.4 is 5.32 Å². The molecule has 1 amide bonds. The predicted molar refractivity (Wildman–Crippen MR) is 272 cm³/mol. The van der Waals surface area contributed by atoms with Crippen molar-refractivity contribution in [3.05, 3.63) is 24.3 Å². The lowest BCUT2D eigenvalue weighted by molar-refractivity contribution is -0.359. The molecule has 12 unspecified atom stereocenters. The average molecular weight is 986 g/mol. The van der Waals surface area contributed by atoms with Gasteiger partial charge in [0.25, 0.3) is 0 Å². The van der Waals surface area contributed by atoms with Crippen molar-refractivity contribution in [2.45, 2.75) is 299 Å². The van der Waals surface area contributed by atoms with Crippen LogP contribution in [0.4, 0.5) is 0 Å². The molecule has 0 aromatic rings. The number of aliphatic hydroxyl groups is 8. The fourth-order valence-corrected chi connectivity index (χ4v) is 9.31. The maximum atomic E-state index is 13.2. The van der Waals surface area contributed by atoms with Gasteiger partial charge in [-0.2, -0.15) is 0 Å². The summed E-state index contributed by atoms with van der Waals surface area (Å²) < 4.78 is 22.7. The second-order valence-corrected chi connectivity index (χ2v) is 20.1. The van der Waals surface area contributed by atoms with Crippen LogP contribution in [0.1, 0.15) is 226 Å². The van der Waals surface area contributed by atoms with Gasteiger partial charge >= 0.3 is 0 Å². The maximum absolute atomic E-state index is 13.2. The molecule has 2 aliphatic heterocycles. The summed E-state index contributed by atoms with van der Waals surface area (Å²) >= 11 is 0. The molecule has 2 saturated heterocycles. The van der Waals surface area contributed by atoms with Crippen LogP contribution in [-0.4, -0.2) is 140 Å². The van der Waals surface area contributed by atoms with Crippen LogP contribution in [0, 0.1) is 0 Å². The number of carbonyl (C=O) groups excluding carboxylic acids is 1. The van der Waals surface area contributed by atoms with E-state index in [-0.39, 0.29) is 18.9 Å². The van der Waals surface area contributed by atoms with Gasteiger partial charge in [-0.25, -0.2) is 0 Å². The minimum atomic E-state index is -1.79. The molecule has 0 aliphatic carbocycles. The summed E-state index contributed by atoms with van der Waals surface area (Å²) in [5.74, 6) is -0.247. The van der Waals surface area contributed by atoms with E-state index in [1.165, 1.54) is 161 Å². The van der Waals surface area contributed by atoms with E-state index in [0.717, 1.165) is 32.1 Å². The van der Waals surface area contributed by atoms with Gasteiger partial charge in [-0.3, -0.25) is 4.79 Å². The number of hydrogen-bond acceptors (Lipinski definition) is 13. The normalized spacial score (nSPS) is 26.3. The largest absolute Gasteiger partial charge is 0.394 e. The molecule has 0 saturated carbocycles. The Morgan fingerprint density at radius 2 is 0.928 bits per heavy atom. The Balaban J connectivity index is 1.82. The molecule has 0 aromatic carbocycles. The summed E-state index contributed by atoms with van der Waals surface area (Å²) in [6.45, 7) is 2.79. The quantitative estimate of drug-likeness (QED) is 0.0206. The minimum absolute atomic E-state index is 0.247. The summed E-state index contributed by atoms with van der Waals surface area (Å²) in [4.78, 5) is 13.2. The summed E-state index contributed by atoms with van der Waals surface area (Å²) in [5, 5.41) is 86.9. The standard InChI is InChI=1S/C55H103NO13/c1-3-5-7-9-11-13-15-17-19-20-21-22-23-25-26-28-30-32-34-36-38-44(59)43(56-47(60)39-37-35-33-31-29-27-24-18-16-14-12-10-8-6-4-2)42-66-54-52(65)50(63)53(46(41-58)68-54)69-55-51(64)49(62)48(61)45(40-57)67-55/h28,30,36,38,43-46,48-55,57-59,61-65H,3-27,29,31-35,37,39-42H2,1-2H3,(H,56,60)/b30-28+,38-36+. The molecule has 0 radical (unpaired) electrons. The highest BCUT2D eigenvalue weighted by Gasteiger charge is 2.51. The molecule has 0 aromatic heterocycles. The fraction of sp³-hybridized carbons (Fsp3) is 0.909. The number of unbranched alkanes of at least 4 members (excludes halogenated alkanes) is 29. The SMILES string of the molecule is CCCCCCCCCCCCCCCC/C=C/CC/C=C/C(O)C(COC1OC(CO)C(OC2OC(CO)C(O)C(O)C2O)C(O)C1O)NC(=O)CCCCCCCCCCCCCCCCC. The molecule has 12 atom stereocenters. The zero-order chi connectivity index (χ0) is 50.3. The number of hydrogen-bond donors (Lipinski definition) is 9. The number of ether oxygens (including phenoxy) is 4. The molecule has 0 spiro atoms. The van der Waals surface area contributed by atoms with E-state index in [0.29, 0.717) is 12.8 Å². The van der Waals surface area contributed by atoms with E-state index in [1.807, 2.05) is 6.08 Å². The topological polar surface area (TPSA) is 228 Å². The van der Waals surface area contributed by atoms with Gasteiger partial charge in [0, 0.05) is 6.42 Å². The molecular formula is C55H103NO13. The van der Waals surface area contributed by atoms with Crippen LogP contribution in [0.2, 0.25) is 0 Å². The Morgan fingerprint density at radius 3 is 1.42 bits per heavy atom. The molecule has 14 nitrogen and oxygen atoms in total. The van der Waals surface area contributed by atoms with Crippen LogP contribution in [-0.2, 0) is 23.7 Å². The Kier molecular flexibility index (Phi) is 38.6. The first kappa shape index (κ1) is 63.6. The molecule has 14 heteroatoms. The Labute approximate surface area is 418 Å². The summed E-state index contributed by atoms with van der Waals surface area (Å²) in [6, 6.07) is -0.926. The smallest absolute Gasteiger partial charge is 0.220 e. The van der Waals surface area contributed by atoms with Crippen molar-refractivity contribution in [1.29, 1.82) is 0 Å². The summed E-state index contributed by atoms with van der Waals surface area (Å²) in [5.41, 5.74) is 0. The van der Waals surface area contributed by atoms with Crippen molar-refractivity contribution in [2.24, 2.45) is 0 Å². The number of amides is 1. The average Bonchev–Trinajstić information content (AvgIpc) is 3.35. The molecule has 2 fully saturated rings. The van der Waals surface area contributed by atoms with Crippen LogP contribution in [0.5, 0.6) is 0 Å². The van der Waals surface area contributed by atoms with Crippen molar-refractivity contribution >= 4 is 5.91 Å². The zero-order valence-corrected chi connectivity index (χ0v) is 43.3. The molecule has 69 heavy (non-hydrogen) atoms. The number of aliphatic hydroxyl groups excluding tert-OH is 8. The van der Waals surface area contributed by atoms with E-state index in [4.69, 9.17) is 18.9 Å². The molecule has 406 valence electrons. The van der Waals surface area contributed by atoms with E-state index < -0.39 is 86.8 Å². The molecule has 2 aliphatic rings. The minimum Gasteiger partial charge on any atom is -0.394 e. The lowest BCUT2D eigenvalue weighted by Crippen LogP contribution is -2.65. The van der Waals surface area contributed by atoms with Gasteiger partial charge in [0.1, 0.15) is 48.8 Å². The van der Waals surface area contributed by atoms with E-state index in [1.54, 1.807) is 6.08 Å². The van der Waals surface area contributed by atoms with Crippen LogP contribution in [0.15, 0.2) is 24.3 Å². The van der Waals surface area contributed by atoms with Crippen molar-refractivity contribution in [1.82, 2.24) is 5.32 Å². The van der Waals surface area contributed by atoms with Crippen molar-refractivity contribution in [2.75, 3.05) is 19.8 Å². The van der Waals surface area contributed by atoms with Gasteiger partial charge in [-0.1, -0.05) is 212 Å². The molecule has 9 N–H and O–H groups in total. The second-order valence-electron chi connectivity index (χ2n) is 20.1. The number of rotatable bonds is 44. The van der Waals surface area contributed by atoms with Gasteiger partial charge in [0.2, 0.25) is 5.91 Å². The van der Waals surface area contributed by atoms with Gasteiger partial charge in [-0.05, 0) is 32.1 Å². The number of allylic oxidation sites excluding steroid dienone is 3.